The Morgan fingerprint density at radius 1 is 1.09 bits per heavy atom. The molecular formula is C12H7N6O4-. The van der Waals surface area contributed by atoms with Crippen molar-refractivity contribution in [2.45, 2.75) is 0 Å². The second kappa shape index (κ2) is 4.30. The molecule has 0 atom stereocenters. The summed E-state index contributed by atoms with van der Waals surface area (Å²) in [5.74, 6) is -0.808. The smallest absolute Gasteiger partial charge is 0.293 e. The van der Waals surface area contributed by atoms with Crippen LogP contribution in [0.4, 0.5) is 17.1 Å². The third kappa shape index (κ3) is 1.58. The van der Waals surface area contributed by atoms with E-state index in [4.69, 9.17) is 4.94 Å². The summed E-state index contributed by atoms with van der Waals surface area (Å²) in [6, 6.07) is 8.87. The van der Waals surface area contributed by atoms with Crippen LogP contribution >= 0.6 is 0 Å². The minimum absolute atomic E-state index is 0.0562. The van der Waals surface area contributed by atoms with Crippen LogP contribution < -0.4 is 16.1 Å². The van der Waals surface area contributed by atoms with Gasteiger partial charge < -0.3 is 5.11 Å². The van der Waals surface area contributed by atoms with E-state index in [9.17, 15) is 15.2 Å². The number of nitrogens with one attached hydrogen (secondary N) is 2. The van der Waals surface area contributed by atoms with Crippen molar-refractivity contribution in [3.63, 3.8) is 0 Å². The number of hydrogen-bond acceptors (Lipinski definition) is 8. The first-order valence-corrected chi connectivity index (χ1v) is 6.18. The lowest BCUT2D eigenvalue weighted by atomic mass is 10.2. The maximum atomic E-state index is 12.2. The number of fused-ring (bicyclic) bond motifs is 3. The summed E-state index contributed by atoms with van der Waals surface area (Å²) >= 11 is 0. The highest BCUT2D eigenvalue weighted by Gasteiger charge is 2.29. The predicted molar refractivity (Wildman–Crippen MR) is 73.3 cm³/mol. The van der Waals surface area contributed by atoms with Crippen LogP contribution in [0.25, 0.3) is 16.7 Å². The molecule has 0 spiro atoms. The summed E-state index contributed by atoms with van der Waals surface area (Å²) in [6.45, 7) is 0. The van der Waals surface area contributed by atoms with Crippen LogP contribution in [0.5, 0.6) is 5.75 Å². The molecule has 22 heavy (non-hydrogen) atoms. The van der Waals surface area contributed by atoms with E-state index in [1.807, 2.05) is 6.07 Å². The SMILES string of the molecule is O=[N+]([O-])c1c([O-])c2c(c3nn(-c4ccccc4)nc13)NON2. The lowest BCUT2D eigenvalue weighted by Gasteiger charge is -2.10. The van der Waals surface area contributed by atoms with Gasteiger partial charge in [0.05, 0.1) is 16.3 Å². The molecule has 0 unspecified atom stereocenters. The molecule has 4 rings (SSSR count). The lowest BCUT2D eigenvalue weighted by molar-refractivity contribution is -0.396. The average Bonchev–Trinajstić information content (AvgIpc) is 3.14. The highest BCUT2D eigenvalue weighted by atomic mass is 16.8. The Kier molecular flexibility index (Phi) is 2.41. The number of nitro benzene ring substituents is 1. The molecule has 1 aromatic heterocycles. The van der Waals surface area contributed by atoms with Crippen molar-refractivity contribution in [2.75, 3.05) is 11.0 Å². The summed E-state index contributed by atoms with van der Waals surface area (Å²) in [6.07, 6.45) is 0. The molecule has 0 saturated heterocycles. The molecule has 1 aliphatic heterocycles. The second-order valence-electron chi connectivity index (χ2n) is 4.51. The lowest BCUT2D eigenvalue weighted by Crippen LogP contribution is -2.02. The quantitative estimate of drug-likeness (QED) is 0.531. The Bertz CT molecular complexity index is 907. The topological polar surface area (TPSA) is 130 Å². The number of rotatable bonds is 2. The molecule has 0 aliphatic carbocycles. The number of aromatic nitrogens is 3. The Hall–Kier alpha value is -3.40. The number of para-hydroxylation sites is 1. The molecule has 0 radical (unpaired) electrons. The van der Waals surface area contributed by atoms with Crippen LogP contribution in [-0.2, 0) is 4.94 Å². The first-order chi connectivity index (χ1) is 10.7. The van der Waals surface area contributed by atoms with Crippen molar-refractivity contribution in [3.05, 3.63) is 40.4 Å². The summed E-state index contributed by atoms with van der Waals surface area (Å²) in [5, 5.41) is 31.7. The monoisotopic (exact) mass is 299 g/mol. The Morgan fingerprint density at radius 2 is 1.77 bits per heavy atom. The van der Waals surface area contributed by atoms with Gasteiger partial charge in [0, 0.05) is 5.75 Å². The van der Waals surface area contributed by atoms with E-state index in [2.05, 4.69) is 21.2 Å². The molecule has 2 heterocycles. The fourth-order valence-electron chi connectivity index (χ4n) is 2.26. The van der Waals surface area contributed by atoms with E-state index in [0.29, 0.717) is 5.69 Å². The summed E-state index contributed by atoms with van der Waals surface area (Å²) < 4.78 is 0. The van der Waals surface area contributed by atoms with Crippen molar-refractivity contribution in [3.8, 4) is 11.4 Å². The van der Waals surface area contributed by atoms with E-state index in [1.54, 1.807) is 24.3 Å². The number of hydrogen-bond donors (Lipinski definition) is 2. The van der Waals surface area contributed by atoms with Crippen LogP contribution in [0.2, 0.25) is 0 Å². The summed E-state index contributed by atoms with van der Waals surface area (Å²) in [5.41, 5.74) is 4.98. The van der Waals surface area contributed by atoms with Crippen LogP contribution in [0.1, 0.15) is 0 Å². The molecule has 10 heteroatoms. The van der Waals surface area contributed by atoms with Crippen molar-refractivity contribution in [1.29, 1.82) is 0 Å². The molecule has 1 aliphatic rings. The van der Waals surface area contributed by atoms with E-state index in [1.165, 1.54) is 4.80 Å². The molecule has 0 amide bonds. The number of anilines is 2. The largest absolute Gasteiger partial charge is 0.866 e. The second-order valence-corrected chi connectivity index (χ2v) is 4.51. The molecule has 0 bridgehead atoms. The van der Waals surface area contributed by atoms with Gasteiger partial charge in [-0.2, -0.15) is 9.73 Å². The van der Waals surface area contributed by atoms with Gasteiger partial charge in [0.2, 0.25) is 0 Å². The maximum Gasteiger partial charge on any atom is 0.293 e. The van der Waals surface area contributed by atoms with Gasteiger partial charge in [-0.15, -0.1) is 10.2 Å². The van der Waals surface area contributed by atoms with Gasteiger partial charge >= 0.3 is 0 Å². The zero-order valence-corrected chi connectivity index (χ0v) is 10.8. The third-order valence-corrected chi connectivity index (χ3v) is 3.24. The van der Waals surface area contributed by atoms with Crippen molar-refractivity contribution < 1.29 is 15.0 Å². The summed E-state index contributed by atoms with van der Waals surface area (Å²) in [4.78, 5) is 16.4. The van der Waals surface area contributed by atoms with Gasteiger partial charge in [0.1, 0.15) is 11.2 Å². The normalized spacial score (nSPS) is 12.7. The van der Waals surface area contributed by atoms with E-state index in [-0.39, 0.29) is 22.4 Å². The standard InChI is InChI=1S/C12H8N6O4/c19-12-10-8(15-22-16-10)7-9(11(12)18(20)21)14-17(13-7)6-4-2-1-3-5-6/h1-5,15-16,19H/p-1. The Balaban J connectivity index is 2.07. The fourth-order valence-corrected chi connectivity index (χ4v) is 2.26. The molecule has 10 nitrogen and oxygen atoms in total. The first kappa shape index (κ1) is 12.3. The van der Waals surface area contributed by atoms with Crippen molar-refractivity contribution >= 4 is 28.1 Å². The third-order valence-electron chi connectivity index (χ3n) is 3.24. The molecule has 2 N–H and O–H groups in total. The van der Waals surface area contributed by atoms with Crippen LogP contribution in [0.3, 0.4) is 0 Å². The number of benzene rings is 2. The first-order valence-electron chi connectivity index (χ1n) is 6.18. The van der Waals surface area contributed by atoms with Gasteiger partial charge in [0.15, 0.2) is 5.52 Å². The minimum Gasteiger partial charge on any atom is -0.866 e. The Morgan fingerprint density at radius 3 is 2.50 bits per heavy atom. The van der Waals surface area contributed by atoms with Crippen molar-refractivity contribution in [2.24, 2.45) is 0 Å². The van der Waals surface area contributed by atoms with Gasteiger partial charge in [-0.1, -0.05) is 18.2 Å². The predicted octanol–water partition coefficient (Wildman–Crippen LogP) is 1.09. The number of nitrogens with zero attached hydrogens (tertiary/aromatic N) is 4. The van der Waals surface area contributed by atoms with Crippen LogP contribution in [-0.4, -0.2) is 19.9 Å². The fraction of sp³-hybridized carbons (Fsp3) is 0. The zero-order chi connectivity index (χ0) is 15.3. The average molecular weight is 299 g/mol. The van der Waals surface area contributed by atoms with E-state index < -0.39 is 16.4 Å². The molecule has 2 aromatic carbocycles. The molecule has 0 saturated carbocycles. The van der Waals surface area contributed by atoms with E-state index in [0.717, 1.165) is 0 Å². The number of nitro groups is 1. The summed E-state index contributed by atoms with van der Waals surface area (Å²) in [7, 11) is 0. The van der Waals surface area contributed by atoms with Crippen molar-refractivity contribution in [1.82, 2.24) is 15.0 Å². The zero-order valence-electron chi connectivity index (χ0n) is 10.8. The van der Waals surface area contributed by atoms with Crippen LogP contribution in [0, 0.1) is 10.1 Å². The van der Waals surface area contributed by atoms with Gasteiger partial charge in [0.25, 0.3) is 5.69 Å². The highest BCUT2D eigenvalue weighted by Crippen LogP contribution is 2.46. The molecule has 0 fully saturated rings. The van der Waals surface area contributed by atoms with Gasteiger partial charge in [-0.25, -0.2) is 11.0 Å². The highest BCUT2D eigenvalue weighted by molar-refractivity contribution is 6.04. The molecule has 3 aromatic rings. The van der Waals surface area contributed by atoms with Crippen LogP contribution in [0.15, 0.2) is 30.3 Å². The van der Waals surface area contributed by atoms with Gasteiger partial charge in [-0.05, 0) is 12.1 Å². The molecular weight excluding hydrogens is 292 g/mol. The van der Waals surface area contributed by atoms with Gasteiger partial charge in [-0.3, -0.25) is 10.1 Å². The Labute approximate surface area is 122 Å². The maximum absolute atomic E-state index is 12.2. The van der Waals surface area contributed by atoms with E-state index >= 15 is 0 Å². The minimum atomic E-state index is -0.808. The molecule has 110 valence electrons.